The zero-order valence-electron chi connectivity index (χ0n) is 11.1. The van der Waals surface area contributed by atoms with Gasteiger partial charge in [-0.05, 0) is 18.2 Å². The van der Waals surface area contributed by atoms with E-state index in [4.69, 9.17) is 11.6 Å². The molecule has 0 bridgehead atoms. The number of carbonyl (C=O) groups is 3. The molecule has 2 amide bonds. The van der Waals surface area contributed by atoms with Crippen LogP contribution in [0.3, 0.4) is 0 Å². The minimum absolute atomic E-state index is 0.180. The van der Waals surface area contributed by atoms with Crippen molar-refractivity contribution in [2.45, 2.75) is 6.04 Å². The minimum Gasteiger partial charge on any atom is -0.465 e. The van der Waals surface area contributed by atoms with Gasteiger partial charge in [0.05, 0.1) is 29.1 Å². The third-order valence-electron chi connectivity index (χ3n) is 2.81. The predicted molar refractivity (Wildman–Crippen MR) is 80.7 cm³/mol. The van der Waals surface area contributed by atoms with Crippen molar-refractivity contribution in [3.05, 3.63) is 28.8 Å². The molecular weight excluding hydrogens is 316 g/mol. The topological polar surface area (TPSA) is 84.5 Å². The van der Waals surface area contributed by atoms with E-state index in [1.54, 1.807) is 0 Å². The Hall–Kier alpha value is -1.73. The van der Waals surface area contributed by atoms with E-state index < -0.39 is 12.0 Å². The van der Waals surface area contributed by atoms with Crippen molar-refractivity contribution in [2.24, 2.45) is 0 Å². The average molecular weight is 329 g/mol. The number of halogens is 1. The van der Waals surface area contributed by atoms with Crippen molar-refractivity contribution in [1.82, 2.24) is 5.32 Å². The monoisotopic (exact) mass is 328 g/mol. The maximum atomic E-state index is 12.1. The fourth-order valence-corrected chi connectivity index (χ4v) is 2.80. The molecule has 0 aromatic heterocycles. The van der Waals surface area contributed by atoms with Crippen LogP contribution in [0.4, 0.5) is 5.69 Å². The van der Waals surface area contributed by atoms with Crippen molar-refractivity contribution in [2.75, 3.05) is 23.9 Å². The molecule has 1 atom stereocenters. The molecule has 1 aromatic carbocycles. The third-order valence-corrected chi connectivity index (χ3v) is 4.18. The summed E-state index contributed by atoms with van der Waals surface area (Å²) in [7, 11) is 1.27. The van der Waals surface area contributed by atoms with Gasteiger partial charge < -0.3 is 15.4 Å². The first-order chi connectivity index (χ1) is 10.0. The minimum atomic E-state index is -0.617. The number of carbonyl (C=O) groups excluding carboxylic acids is 3. The van der Waals surface area contributed by atoms with E-state index in [9.17, 15) is 14.4 Å². The molecule has 21 heavy (non-hydrogen) atoms. The Morgan fingerprint density at radius 3 is 2.90 bits per heavy atom. The number of anilines is 1. The van der Waals surface area contributed by atoms with Crippen LogP contribution in [0, 0.1) is 0 Å². The number of esters is 1. The molecule has 0 aliphatic carbocycles. The summed E-state index contributed by atoms with van der Waals surface area (Å²) in [4.78, 5) is 34.9. The summed E-state index contributed by atoms with van der Waals surface area (Å²) in [6.45, 7) is 0. The maximum absolute atomic E-state index is 12.1. The SMILES string of the molecule is COC(=O)c1ccc(Cl)c(NC(=O)C2CSCC(=O)N2)c1. The van der Waals surface area contributed by atoms with Crippen LogP contribution in [-0.4, -0.2) is 42.4 Å². The Labute approximate surface area is 130 Å². The highest BCUT2D eigenvalue weighted by molar-refractivity contribution is 8.00. The summed E-state index contributed by atoms with van der Waals surface area (Å²) >= 11 is 7.38. The fourth-order valence-electron chi connectivity index (χ4n) is 1.77. The van der Waals surface area contributed by atoms with Gasteiger partial charge >= 0.3 is 5.97 Å². The predicted octanol–water partition coefficient (Wildman–Crippen LogP) is 1.30. The van der Waals surface area contributed by atoms with Gasteiger partial charge in [0.2, 0.25) is 11.8 Å². The molecule has 1 heterocycles. The number of hydrogen-bond acceptors (Lipinski definition) is 5. The molecule has 6 nitrogen and oxygen atoms in total. The summed E-state index contributed by atoms with van der Waals surface area (Å²) in [5.41, 5.74) is 0.577. The third kappa shape index (κ3) is 3.89. The van der Waals surface area contributed by atoms with Crippen LogP contribution in [0.2, 0.25) is 5.02 Å². The zero-order valence-corrected chi connectivity index (χ0v) is 12.7. The molecule has 0 spiro atoms. The number of rotatable bonds is 3. The van der Waals surface area contributed by atoms with Gasteiger partial charge in [-0.2, -0.15) is 0 Å². The molecule has 1 aliphatic heterocycles. The van der Waals surface area contributed by atoms with E-state index in [0.29, 0.717) is 22.2 Å². The van der Waals surface area contributed by atoms with Crippen LogP contribution in [0.1, 0.15) is 10.4 Å². The Kier molecular flexibility index (Phi) is 5.08. The first-order valence-electron chi connectivity index (χ1n) is 6.07. The van der Waals surface area contributed by atoms with Crippen molar-refractivity contribution >= 4 is 46.8 Å². The standard InChI is InChI=1S/C13H13ClN2O4S/c1-20-13(19)7-2-3-8(14)9(4-7)16-12(18)10-5-21-6-11(17)15-10/h2-4,10H,5-6H2,1H3,(H,15,17)(H,16,18). The number of nitrogens with one attached hydrogen (secondary N) is 2. The van der Waals surface area contributed by atoms with Crippen molar-refractivity contribution in [1.29, 1.82) is 0 Å². The van der Waals surface area contributed by atoms with E-state index in [2.05, 4.69) is 15.4 Å². The number of hydrogen-bond donors (Lipinski definition) is 2. The molecule has 2 rings (SSSR count). The van der Waals surface area contributed by atoms with Crippen LogP contribution in [-0.2, 0) is 14.3 Å². The number of benzene rings is 1. The Bertz CT molecular complexity index is 594. The Balaban J connectivity index is 2.12. The van der Waals surface area contributed by atoms with Gasteiger partial charge in [0.25, 0.3) is 0 Å². The molecular formula is C13H13ClN2O4S. The van der Waals surface area contributed by atoms with Crippen LogP contribution in [0.15, 0.2) is 18.2 Å². The van der Waals surface area contributed by atoms with E-state index in [-0.39, 0.29) is 17.4 Å². The lowest BCUT2D eigenvalue weighted by Crippen LogP contribution is -2.49. The quantitative estimate of drug-likeness (QED) is 0.817. The largest absolute Gasteiger partial charge is 0.465 e. The summed E-state index contributed by atoms with van der Waals surface area (Å²) in [6, 6.07) is 3.82. The molecule has 2 N–H and O–H groups in total. The van der Waals surface area contributed by atoms with Crippen LogP contribution < -0.4 is 10.6 Å². The Morgan fingerprint density at radius 2 is 2.24 bits per heavy atom. The van der Waals surface area contributed by atoms with Gasteiger partial charge in [-0.15, -0.1) is 11.8 Å². The van der Waals surface area contributed by atoms with Crippen LogP contribution >= 0.6 is 23.4 Å². The lowest BCUT2D eigenvalue weighted by atomic mass is 10.2. The van der Waals surface area contributed by atoms with Gasteiger partial charge in [-0.3, -0.25) is 9.59 Å². The molecule has 1 aliphatic rings. The smallest absolute Gasteiger partial charge is 0.337 e. The molecule has 1 saturated heterocycles. The first-order valence-corrected chi connectivity index (χ1v) is 7.60. The molecule has 0 radical (unpaired) electrons. The number of thioether (sulfide) groups is 1. The second-order valence-electron chi connectivity index (χ2n) is 4.31. The first kappa shape index (κ1) is 15.7. The highest BCUT2D eigenvalue weighted by atomic mass is 35.5. The number of ether oxygens (including phenoxy) is 1. The fraction of sp³-hybridized carbons (Fsp3) is 0.308. The molecule has 1 unspecified atom stereocenters. The molecule has 1 aromatic rings. The number of amides is 2. The van der Waals surface area contributed by atoms with Crippen molar-refractivity contribution < 1.29 is 19.1 Å². The maximum Gasteiger partial charge on any atom is 0.337 e. The van der Waals surface area contributed by atoms with E-state index in [0.717, 1.165) is 0 Å². The lowest BCUT2D eigenvalue weighted by Gasteiger charge is -2.22. The van der Waals surface area contributed by atoms with Gasteiger partial charge in [-0.1, -0.05) is 11.6 Å². The lowest BCUT2D eigenvalue weighted by molar-refractivity contribution is -0.124. The highest BCUT2D eigenvalue weighted by Gasteiger charge is 2.25. The summed E-state index contributed by atoms with van der Waals surface area (Å²) in [6.07, 6.45) is 0. The van der Waals surface area contributed by atoms with E-state index in [1.807, 2.05) is 0 Å². The van der Waals surface area contributed by atoms with Crippen molar-refractivity contribution in [3.63, 3.8) is 0 Å². The summed E-state index contributed by atoms with van der Waals surface area (Å²) in [5.74, 6) is -0.238. The number of methoxy groups -OCH3 is 1. The highest BCUT2D eigenvalue weighted by Crippen LogP contribution is 2.24. The van der Waals surface area contributed by atoms with Gasteiger partial charge in [0.1, 0.15) is 6.04 Å². The Morgan fingerprint density at radius 1 is 1.48 bits per heavy atom. The van der Waals surface area contributed by atoms with E-state index in [1.165, 1.54) is 37.1 Å². The molecule has 112 valence electrons. The molecule has 0 saturated carbocycles. The summed E-state index contributed by atoms with van der Waals surface area (Å²) < 4.78 is 4.61. The normalized spacial score (nSPS) is 17.8. The van der Waals surface area contributed by atoms with Gasteiger partial charge in [0.15, 0.2) is 0 Å². The van der Waals surface area contributed by atoms with E-state index >= 15 is 0 Å². The van der Waals surface area contributed by atoms with Gasteiger partial charge in [0, 0.05) is 5.75 Å². The molecule has 1 fully saturated rings. The van der Waals surface area contributed by atoms with Crippen LogP contribution in [0.5, 0.6) is 0 Å². The van der Waals surface area contributed by atoms with Crippen molar-refractivity contribution in [3.8, 4) is 0 Å². The second kappa shape index (κ2) is 6.82. The van der Waals surface area contributed by atoms with Gasteiger partial charge in [-0.25, -0.2) is 4.79 Å². The van der Waals surface area contributed by atoms with Crippen LogP contribution in [0.25, 0.3) is 0 Å². The zero-order chi connectivity index (χ0) is 15.4. The average Bonchev–Trinajstić information content (AvgIpc) is 2.48. The second-order valence-corrected chi connectivity index (χ2v) is 5.75. The summed E-state index contributed by atoms with van der Waals surface area (Å²) in [5, 5.41) is 5.51. The molecule has 8 heteroatoms.